The number of benzene rings is 1. The van der Waals surface area contributed by atoms with Crippen molar-refractivity contribution in [1.82, 2.24) is 0 Å². The lowest BCUT2D eigenvalue weighted by Gasteiger charge is -2.23. The van der Waals surface area contributed by atoms with Crippen molar-refractivity contribution in [2.75, 3.05) is 31.7 Å². The van der Waals surface area contributed by atoms with E-state index in [1.165, 1.54) is 6.07 Å². The summed E-state index contributed by atoms with van der Waals surface area (Å²) in [5.41, 5.74) is 0.794. The van der Waals surface area contributed by atoms with Gasteiger partial charge >= 0.3 is 6.18 Å². The predicted octanol–water partition coefficient (Wildman–Crippen LogP) is 3.01. The highest BCUT2D eigenvalue weighted by molar-refractivity contribution is 5.51. The van der Waals surface area contributed by atoms with E-state index >= 15 is 0 Å². The number of para-hydroxylation sites is 1. The molecule has 6 heteroatoms. The van der Waals surface area contributed by atoms with Gasteiger partial charge in [-0.2, -0.15) is 13.2 Å². The zero-order chi connectivity index (χ0) is 14.4. The Kier molecular flexibility index (Phi) is 5.25. The first-order valence-electron chi connectivity index (χ1n) is 6.62. The SMILES string of the molecule is FC(F)(F)Cc1ccccc1NCCC1COCCO1. The molecule has 0 saturated carbocycles. The number of ether oxygens (including phenoxy) is 2. The highest BCUT2D eigenvalue weighted by atomic mass is 19.4. The first-order valence-corrected chi connectivity index (χ1v) is 6.62. The summed E-state index contributed by atoms with van der Waals surface area (Å²) in [6, 6.07) is 6.50. The summed E-state index contributed by atoms with van der Waals surface area (Å²) >= 11 is 0. The van der Waals surface area contributed by atoms with E-state index in [-0.39, 0.29) is 11.7 Å². The van der Waals surface area contributed by atoms with E-state index in [0.29, 0.717) is 38.5 Å². The van der Waals surface area contributed by atoms with Gasteiger partial charge in [0.2, 0.25) is 0 Å². The van der Waals surface area contributed by atoms with Gasteiger partial charge in [-0.3, -0.25) is 0 Å². The Morgan fingerprint density at radius 3 is 2.70 bits per heavy atom. The summed E-state index contributed by atoms with van der Waals surface area (Å²) in [4.78, 5) is 0. The van der Waals surface area contributed by atoms with E-state index in [0.717, 1.165) is 0 Å². The van der Waals surface area contributed by atoms with Crippen LogP contribution in [0.1, 0.15) is 12.0 Å². The molecule has 1 aromatic carbocycles. The Labute approximate surface area is 116 Å². The molecule has 1 aliphatic rings. The molecule has 1 saturated heterocycles. The molecule has 0 bridgehead atoms. The molecule has 20 heavy (non-hydrogen) atoms. The lowest BCUT2D eigenvalue weighted by molar-refractivity contribution is -0.127. The topological polar surface area (TPSA) is 30.5 Å². The highest BCUT2D eigenvalue weighted by Gasteiger charge is 2.28. The smallest absolute Gasteiger partial charge is 0.385 e. The van der Waals surface area contributed by atoms with Gasteiger partial charge in [-0.15, -0.1) is 0 Å². The summed E-state index contributed by atoms with van der Waals surface area (Å²) in [6.45, 7) is 2.29. The van der Waals surface area contributed by atoms with Crippen molar-refractivity contribution in [3.05, 3.63) is 29.8 Å². The number of anilines is 1. The Hall–Kier alpha value is -1.27. The van der Waals surface area contributed by atoms with Crippen molar-refractivity contribution in [3.8, 4) is 0 Å². The average molecular weight is 289 g/mol. The molecule has 1 aromatic rings. The second-order valence-electron chi connectivity index (χ2n) is 4.73. The first-order chi connectivity index (χ1) is 9.54. The third-order valence-electron chi connectivity index (χ3n) is 3.07. The van der Waals surface area contributed by atoms with Crippen molar-refractivity contribution in [1.29, 1.82) is 0 Å². The van der Waals surface area contributed by atoms with Gasteiger partial charge in [-0.1, -0.05) is 18.2 Å². The molecule has 0 aromatic heterocycles. The molecule has 1 aliphatic heterocycles. The minimum absolute atomic E-state index is 0.0195. The van der Waals surface area contributed by atoms with Crippen molar-refractivity contribution >= 4 is 5.69 Å². The summed E-state index contributed by atoms with van der Waals surface area (Å²) in [7, 11) is 0. The van der Waals surface area contributed by atoms with E-state index in [1.807, 2.05) is 0 Å². The Morgan fingerprint density at radius 2 is 2.00 bits per heavy atom. The van der Waals surface area contributed by atoms with Crippen LogP contribution in [0.25, 0.3) is 0 Å². The number of rotatable bonds is 5. The molecule has 0 radical (unpaired) electrons. The molecule has 112 valence electrons. The molecule has 3 nitrogen and oxygen atoms in total. The van der Waals surface area contributed by atoms with Crippen LogP contribution in [0.2, 0.25) is 0 Å². The average Bonchev–Trinajstić information content (AvgIpc) is 2.40. The summed E-state index contributed by atoms with van der Waals surface area (Å²) in [5.74, 6) is 0. The van der Waals surface area contributed by atoms with Crippen LogP contribution in [-0.4, -0.2) is 38.6 Å². The van der Waals surface area contributed by atoms with Gasteiger partial charge in [0.05, 0.1) is 32.3 Å². The van der Waals surface area contributed by atoms with E-state index in [2.05, 4.69) is 5.32 Å². The van der Waals surface area contributed by atoms with Gasteiger partial charge < -0.3 is 14.8 Å². The minimum atomic E-state index is -4.20. The molecule has 1 N–H and O–H groups in total. The zero-order valence-corrected chi connectivity index (χ0v) is 11.1. The number of halogens is 3. The fraction of sp³-hybridized carbons (Fsp3) is 0.571. The van der Waals surface area contributed by atoms with E-state index in [1.54, 1.807) is 18.2 Å². The zero-order valence-electron chi connectivity index (χ0n) is 11.1. The van der Waals surface area contributed by atoms with Gasteiger partial charge in [0.1, 0.15) is 0 Å². The number of alkyl halides is 3. The second-order valence-corrected chi connectivity index (χ2v) is 4.73. The quantitative estimate of drug-likeness (QED) is 0.904. The molecule has 0 amide bonds. The van der Waals surface area contributed by atoms with Crippen molar-refractivity contribution in [3.63, 3.8) is 0 Å². The van der Waals surface area contributed by atoms with Gasteiger partial charge in [0.25, 0.3) is 0 Å². The molecule has 1 unspecified atom stereocenters. The van der Waals surface area contributed by atoms with Crippen molar-refractivity contribution in [2.45, 2.75) is 25.1 Å². The van der Waals surface area contributed by atoms with Crippen LogP contribution in [-0.2, 0) is 15.9 Å². The monoisotopic (exact) mass is 289 g/mol. The molecular formula is C14H18F3NO2. The molecule has 2 rings (SSSR count). The molecule has 1 fully saturated rings. The fourth-order valence-electron chi connectivity index (χ4n) is 2.13. The lowest BCUT2D eigenvalue weighted by atomic mass is 10.1. The van der Waals surface area contributed by atoms with Crippen LogP contribution in [0, 0.1) is 0 Å². The number of hydrogen-bond donors (Lipinski definition) is 1. The Balaban J connectivity index is 1.85. The van der Waals surface area contributed by atoms with Crippen molar-refractivity contribution < 1.29 is 22.6 Å². The summed E-state index contributed by atoms with van der Waals surface area (Å²) < 4.78 is 48.2. The predicted molar refractivity (Wildman–Crippen MR) is 69.9 cm³/mol. The third kappa shape index (κ3) is 5.02. The summed E-state index contributed by atoms with van der Waals surface area (Å²) in [6.07, 6.45) is -4.39. The molecule has 0 aliphatic carbocycles. The maximum atomic E-state index is 12.5. The Bertz CT molecular complexity index is 417. The molecular weight excluding hydrogens is 271 g/mol. The van der Waals surface area contributed by atoms with Crippen LogP contribution >= 0.6 is 0 Å². The summed E-state index contributed by atoms with van der Waals surface area (Å²) in [5, 5.41) is 3.05. The normalized spacial score (nSPS) is 19.9. The molecule has 1 atom stereocenters. The number of hydrogen-bond acceptors (Lipinski definition) is 3. The molecule has 1 heterocycles. The lowest BCUT2D eigenvalue weighted by Crippen LogP contribution is -2.30. The second kappa shape index (κ2) is 6.95. The largest absolute Gasteiger partial charge is 0.393 e. The fourth-order valence-corrected chi connectivity index (χ4v) is 2.13. The van der Waals surface area contributed by atoms with Crippen LogP contribution in [0.3, 0.4) is 0 Å². The number of nitrogens with one attached hydrogen (secondary N) is 1. The first kappa shape index (κ1) is 15.1. The van der Waals surface area contributed by atoms with E-state index < -0.39 is 12.6 Å². The van der Waals surface area contributed by atoms with E-state index in [4.69, 9.17) is 9.47 Å². The highest BCUT2D eigenvalue weighted by Crippen LogP contribution is 2.26. The van der Waals surface area contributed by atoms with Gasteiger partial charge in [0, 0.05) is 12.2 Å². The van der Waals surface area contributed by atoms with Gasteiger partial charge in [0.15, 0.2) is 0 Å². The van der Waals surface area contributed by atoms with Crippen LogP contribution in [0.5, 0.6) is 0 Å². The third-order valence-corrected chi connectivity index (χ3v) is 3.07. The van der Waals surface area contributed by atoms with E-state index in [9.17, 15) is 13.2 Å². The van der Waals surface area contributed by atoms with Gasteiger partial charge in [-0.25, -0.2) is 0 Å². The molecule has 0 spiro atoms. The maximum Gasteiger partial charge on any atom is 0.393 e. The minimum Gasteiger partial charge on any atom is -0.385 e. The Morgan fingerprint density at radius 1 is 1.20 bits per heavy atom. The van der Waals surface area contributed by atoms with Crippen molar-refractivity contribution in [2.24, 2.45) is 0 Å². The van der Waals surface area contributed by atoms with Gasteiger partial charge in [-0.05, 0) is 18.1 Å². The standard InChI is InChI=1S/C14H18F3NO2/c15-14(16,17)9-11-3-1-2-4-13(11)18-6-5-12-10-19-7-8-20-12/h1-4,12,18H,5-10H2. The van der Waals surface area contributed by atoms with Crippen LogP contribution in [0.4, 0.5) is 18.9 Å². The van der Waals surface area contributed by atoms with Crippen LogP contribution < -0.4 is 5.32 Å². The maximum absolute atomic E-state index is 12.5. The van der Waals surface area contributed by atoms with Crippen LogP contribution in [0.15, 0.2) is 24.3 Å².